The van der Waals surface area contributed by atoms with Crippen molar-refractivity contribution in [3.63, 3.8) is 0 Å². The summed E-state index contributed by atoms with van der Waals surface area (Å²) >= 11 is 1.34. The van der Waals surface area contributed by atoms with E-state index in [2.05, 4.69) is 15.5 Å². The van der Waals surface area contributed by atoms with E-state index >= 15 is 0 Å². The lowest BCUT2D eigenvalue weighted by molar-refractivity contribution is -0.145. The van der Waals surface area contributed by atoms with Crippen LogP contribution in [0.1, 0.15) is 42.3 Å². The molecule has 1 amide bonds. The number of amides is 1. The SMILES string of the molecule is COC(=O)C(CC(C)C)NC(=O)COC(=O)c1ccccc1SCc1nc(C)no1. The number of hydrogen-bond acceptors (Lipinski definition) is 9. The van der Waals surface area contributed by atoms with E-state index in [0.717, 1.165) is 0 Å². The van der Waals surface area contributed by atoms with Crippen molar-refractivity contribution in [1.29, 1.82) is 0 Å². The number of hydrogen-bond donors (Lipinski definition) is 1. The van der Waals surface area contributed by atoms with Crippen LogP contribution in [0.4, 0.5) is 0 Å². The van der Waals surface area contributed by atoms with Crippen molar-refractivity contribution in [3.05, 3.63) is 41.5 Å². The predicted molar refractivity (Wildman–Crippen MR) is 109 cm³/mol. The first-order chi connectivity index (χ1) is 14.3. The lowest BCUT2D eigenvalue weighted by Crippen LogP contribution is -2.44. The molecule has 1 unspecified atom stereocenters. The van der Waals surface area contributed by atoms with Gasteiger partial charge in [-0.25, -0.2) is 9.59 Å². The molecule has 1 atom stereocenters. The molecule has 2 aromatic rings. The molecule has 0 aliphatic rings. The Hall–Kier alpha value is -2.88. The van der Waals surface area contributed by atoms with E-state index in [1.807, 2.05) is 13.8 Å². The lowest BCUT2D eigenvalue weighted by atomic mass is 10.0. The number of esters is 2. The number of carbonyl (C=O) groups is 3. The molecule has 0 fully saturated rings. The number of nitrogens with one attached hydrogen (secondary N) is 1. The Labute approximate surface area is 178 Å². The number of benzene rings is 1. The standard InChI is InChI=1S/C20H25N3O6S/c1-12(2)9-15(20(26)27-4)22-17(24)10-28-19(25)14-7-5-6-8-16(14)30-11-18-21-13(3)23-29-18/h5-8,12,15H,9-11H2,1-4H3,(H,22,24). The third-order valence-electron chi connectivity index (χ3n) is 3.89. The summed E-state index contributed by atoms with van der Waals surface area (Å²) in [5.74, 6) is -0.225. The maximum Gasteiger partial charge on any atom is 0.339 e. The Morgan fingerprint density at radius 1 is 1.23 bits per heavy atom. The summed E-state index contributed by atoms with van der Waals surface area (Å²) in [7, 11) is 1.26. The van der Waals surface area contributed by atoms with Gasteiger partial charge in [0.15, 0.2) is 12.4 Å². The Kier molecular flexibility index (Phi) is 8.85. The first kappa shape index (κ1) is 23.4. The number of carbonyl (C=O) groups excluding carboxylic acids is 3. The van der Waals surface area contributed by atoms with E-state index in [-0.39, 0.29) is 5.92 Å². The highest BCUT2D eigenvalue weighted by atomic mass is 32.2. The largest absolute Gasteiger partial charge is 0.467 e. The topological polar surface area (TPSA) is 121 Å². The second-order valence-corrected chi connectivity index (χ2v) is 7.89. The monoisotopic (exact) mass is 435 g/mol. The van der Waals surface area contributed by atoms with Gasteiger partial charge in [0.05, 0.1) is 18.4 Å². The summed E-state index contributed by atoms with van der Waals surface area (Å²) in [5.41, 5.74) is 0.318. The van der Waals surface area contributed by atoms with Gasteiger partial charge in [0.1, 0.15) is 6.04 Å². The van der Waals surface area contributed by atoms with Gasteiger partial charge in [-0.1, -0.05) is 31.1 Å². The summed E-state index contributed by atoms with van der Waals surface area (Å²) < 4.78 is 14.9. The minimum absolute atomic E-state index is 0.170. The lowest BCUT2D eigenvalue weighted by Gasteiger charge is -2.18. The summed E-state index contributed by atoms with van der Waals surface area (Å²) in [5, 5.41) is 6.27. The van der Waals surface area contributed by atoms with Crippen LogP contribution in [0, 0.1) is 12.8 Å². The maximum atomic E-state index is 12.5. The highest BCUT2D eigenvalue weighted by molar-refractivity contribution is 7.98. The molecule has 0 radical (unpaired) electrons. The molecule has 1 heterocycles. The average Bonchev–Trinajstić information content (AvgIpc) is 3.14. The van der Waals surface area contributed by atoms with Crippen LogP contribution in [0.25, 0.3) is 0 Å². The molecule has 1 N–H and O–H groups in total. The molecule has 0 spiro atoms. The van der Waals surface area contributed by atoms with Gasteiger partial charge in [0.2, 0.25) is 5.89 Å². The maximum absolute atomic E-state index is 12.5. The zero-order valence-electron chi connectivity index (χ0n) is 17.3. The molecule has 162 valence electrons. The van der Waals surface area contributed by atoms with Crippen molar-refractivity contribution < 1.29 is 28.4 Å². The van der Waals surface area contributed by atoms with Crippen molar-refractivity contribution in [1.82, 2.24) is 15.5 Å². The van der Waals surface area contributed by atoms with E-state index < -0.39 is 30.5 Å². The van der Waals surface area contributed by atoms with Gasteiger partial charge in [0, 0.05) is 4.90 Å². The normalized spacial score (nSPS) is 11.8. The molecule has 2 rings (SSSR count). The first-order valence-corrected chi connectivity index (χ1v) is 10.3. The van der Waals surface area contributed by atoms with Crippen molar-refractivity contribution in [2.24, 2.45) is 5.92 Å². The molecule has 0 bridgehead atoms. The zero-order valence-corrected chi connectivity index (χ0v) is 18.2. The van der Waals surface area contributed by atoms with Crippen LogP contribution in [0.3, 0.4) is 0 Å². The van der Waals surface area contributed by atoms with Gasteiger partial charge in [-0.05, 0) is 31.4 Å². The zero-order chi connectivity index (χ0) is 22.1. The molecule has 0 saturated heterocycles. The van der Waals surface area contributed by atoms with E-state index in [1.54, 1.807) is 31.2 Å². The second-order valence-electron chi connectivity index (χ2n) is 6.87. The summed E-state index contributed by atoms with van der Waals surface area (Å²) in [4.78, 5) is 41.2. The summed E-state index contributed by atoms with van der Waals surface area (Å²) in [6.07, 6.45) is 0.418. The number of methoxy groups -OCH3 is 1. The van der Waals surface area contributed by atoms with Crippen LogP contribution < -0.4 is 5.32 Å². The van der Waals surface area contributed by atoms with Crippen molar-refractivity contribution in [2.75, 3.05) is 13.7 Å². The molecule has 10 heteroatoms. The van der Waals surface area contributed by atoms with Crippen LogP contribution in [0.5, 0.6) is 0 Å². The fourth-order valence-corrected chi connectivity index (χ4v) is 3.45. The van der Waals surface area contributed by atoms with E-state index in [0.29, 0.717) is 34.3 Å². The van der Waals surface area contributed by atoms with Gasteiger partial charge in [-0.3, -0.25) is 4.79 Å². The molecule has 30 heavy (non-hydrogen) atoms. The molecule has 1 aromatic heterocycles. The third-order valence-corrected chi connectivity index (χ3v) is 4.95. The molecule has 1 aromatic carbocycles. The van der Waals surface area contributed by atoms with Gasteiger partial charge in [-0.2, -0.15) is 4.98 Å². The van der Waals surface area contributed by atoms with Gasteiger partial charge in [-0.15, -0.1) is 11.8 Å². The number of rotatable bonds is 10. The minimum atomic E-state index is -0.790. The van der Waals surface area contributed by atoms with E-state index in [4.69, 9.17) is 14.0 Å². The summed E-state index contributed by atoms with van der Waals surface area (Å²) in [6, 6.07) is 6.07. The van der Waals surface area contributed by atoms with E-state index in [9.17, 15) is 14.4 Å². The summed E-state index contributed by atoms with van der Waals surface area (Å²) in [6.45, 7) is 5.06. The Morgan fingerprint density at radius 3 is 2.60 bits per heavy atom. The van der Waals surface area contributed by atoms with Gasteiger partial charge in [0.25, 0.3) is 5.91 Å². The van der Waals surface area contributed by atoms with Crippen LogP contribution in [-0.2, 0) is 24.8 Å². The van der Waals surface area contributed by atoms with Crippen molar-refractivity contribution >= 4 is 29.6 Å². The van der Waals surface area contributed by atoms with Crippen LogP contribution in [0.15, 0.2) is 33.7 Å². The smallest absolute Gasteiger partial charge is 0.339 e. The molecule has 0 aliphatic carbocycles. The predicted octanol–water partition coefficient (Wildman–Crippen LogP) is 2.53. The highest BCUT2D eigenvalue weighted by Crippen LogP contribution is 2.26. The van der Waals surface area contributed by atoms with Crippen LogP contribution >= 0.6 is 11.8 Å². The third kappa shape index (κ3) is 7.18. The number of aryl methyl sites for hydroxylation is 1. The van der Waals surface area contributed by atoms with Gasteiger partial charge < -0.3 is 19.3 Å². The number of aromatic nitrogens is 2. The van der Waals surface area contributed by atoms with Crippen LogP contribution in [0.2, 0.25) is 0 Å². The first-order valence-electron chi connectivity index (χ1n) is 9.35. The highest BCUT2D eigenvalue weighted by Gasteiger charge is 2.23. The van der Waals surface area contributed by atoms with Gasteiger partial charge >= 0.3 is 11.9 Å². The Morgan fingerprint density at radius 2 is 1.97 bits per heavy atom. The van der Waals surface area contributed by atoms with Crippen LogP contribution in [-0.4, -0.2) is 47.7 Å². The number of thioether (sulfide) groups is 1. The Bertz CT molecular complexity index is 883. The Balaban J connectivity index is 1.93. The second kappa shape index (κ2) is 11.3. The fourth-order valence-electron chi connectivity index (χ4n) is 2.57. The number of ether oxygens (including phenoxy) is 2. The fraction of sp³-hybridized carbons (Fsp3) is 0.450. The molecule has 0 saturated carbocycles. The molecule has 9 nitrogen and oxygen atoms in total. The molecule has 0 aliphatic heterocycles. The average molecular weight is 436 g/mol. The molecular weight excluding hydrogens is 410 g/mol. The van der Waals surface area contributed by atoms with Crippen molar-refractivity contribution in [2.45, 2.75) is 43.9 Å². The molecular formula is C20H25N3O6S. The minimum Gasteiger partial charge on any atom is -0.467 e. The van der Waals surface area contributed by atoms with E-state index in [1.165, 1.54) is 18.9 Å². The quantitative estimate of drug-likeness (QED) is 0.443. The number of nitrogens with zero attached hydrogens (tertiary/aromatic N) is 2. The van der Waals surface area contributed by atoms with Crippen molar-refractivity contribution in [3.8, 4) is 0 Å².